The van der Waals surface area contributed by atoms with Crippen molar-refractivity contribution in [3.63, 3.8) is 0 Å². The summed E-state index contributed by atoms with van der Waals surface area (Å²) in [5.74, 6) is 0. The van der Waals surface area contributed by atoms with Crippen LogP contribution in [0, 0.1) is 0 Å². The van der Waals surface area contributed by atoms with Crippen LogP contribution in [0.1, 0.15) is 5.56 Å². The van der Waals surface area contributed by atoms with Crippen LogP contribution in [-0.4, -0.2) is 17.0 Å². The summed E-state index contributed by atoms with van der Waals surface area (Å²) >= 11 is 0. The van der Waals surface area contributed by atoms with Gasteiger partial charge in [0.1, 0.15) is 0 Å². The lowest BCUT2D eigenvalue weighted by molar-refractivity contribution is 0.589. The molecule has 24 heavy (non-hydrogen) atoms. The van der Waals surface area contributed by atoms with E-state index in [1.165, 1.54) is 3.97 Å². The lowest BCUT2D eigenvalue weighted by Crippen LogP contribution is -2.11. The van der Waals surface area contributed by atoms with Crippen LogP contribution in [0.5, 0.6) is 0 Å². The van der Waals surface area contributed by atoms with E-state index in [4.69, 9.17) is 0 Å². The van der Waals surface area contributed by atoms with Crippen molar-refractivity contribution in [2.75, 3.05) is 0 Å². The van der Waals surface area contributed by atoms with Crippen molar-refractivity contribution in [3.8, 4) is 0 Å². The second kappa shape index (κ2) is 5.69. The molecule has 120 valence electrons. The Hall–Kier alpha value is -2.79. The van der Waals surface area contributed by atoms with E-state index in [-0.39, 0.29) is 0 Å². The summed E-state index contributed by atoms with van der Waals surface area (Å²) in [7, 11) is -3.59. The highest BCUT2D eigenvalue weighted by molar-refractivity contribution is 7.90. The Bertz CT molecular complexity index is 1080. The van der Waals surface area contributed by atoms with Crippen molar-refractivity contribution in [1.82, 2.24) is 8.54 Å². The fourth-order valence-electron chi connectivity index (χ4n) is 2.93. The Morgan fingerprint density at radius 1 is 0.750 bits per heavy atom. The average Bonchev–Trinajstić information content (AvgIpc) is 3.25. The predicted molar refractivity (Wildman–Crippen MR) is 94.5 cm³/mol. The summed E-state index contributed by atoms with van der Waals surface area (Å²) in [5, 5.41) is 0.950. The van der Waals surface area contributed by atoms with Crippen LogP contribution < -0.4 is 0 Å². The molecule has 0 saturated carbocycles. The Balaban J connectivity index is 1.84. The quantitative estimate of drug-likeness (QED) is 0.570. The van der Waals surface area contributed by atoms with E-state index >= 15 is 0 Å². The molecule has 2 heterocycles. The van der Waals surface area contributed by atoms with Gasteiger partial charge in [-0.1, -0.05) is 30.3 Å². The van der Waals surface area contributed by atoms with Gasteiger partial charge in [0.15, 0.2) is 0 Å². The van der Waals surface area contributed by atoms with Gasteiger partial charge in [-0.05, 0) is 42.0 Å². The summed E-state index contributed by atoms with van der Waals surface area (Å²) < 4.78 is 29.2. The Labute approximate surface area is 140 Å². The molecule has 0 spiro atoms. The van der Waals surface area contributed by atoms with Crippen LogP contribution in [0.25, 0.3) is 10.9 Å². The van der Waals surface area contributed by atoms with Gasteiger partial charge in [0.2, 0.25) is 0 Å². The number of hydrogen-bond acceptors (Lipinski definition) is 2. The molecule has 0 fully saturated rings. The molecule has 4 rings (SSSR count). The fraction of sp³-hybridized carbons (Fsp3) is 0.0526. The number of nitrogens with zero attached hydrogens (tertiary/aromatic N) is 2. The third-order valence-corrected chi connectivity index (χ3v) is 5.81. The highest BCUT2D eigenvalue weighted by atomic mass is 32.2. The zero-order valence-electron chi connectivity index (χ0n) is 12.9. The number of fused-ring (bicyclic) bond motifs is 1. The van der Waals surface area contributed by atoms with Gasteiger partial charge in [-0.25, -0.2) is 12.4 Å². The Morgan fingerprint density at radius 3 is 2.25 bits per heavy atom. The first-order chi connectivity index (χ1) is 11.7. The van der Waals surface area contributed by atoms with Crippen molar-refractivity contribution in [1.29, 1.82) is 0 Å². The minimum absolute atomic E-state index is 0.290. The monoisotopic (exact) mass is 336 g/mol. The molecule has 2 aromatic carbocycles. The van der Waals surface area contributed by atoms with Gasteiger partial charge in [-0.2, -0.15) is 0 Å². The van der Waals surface area contributed by atoms with Gasteiger partial charge in [0.25, 0.3) is 10.0 Å². The van der Waals surface area contributed by atoms with Crippen molar-refractivity contribution < 1.29 is 8.42 Å². The molecule has 5 heteroatoms. The van der Waals surface area contributed by atoms with E-state index < -0.39 is 10.0 Å². The highest BCUT2D eigenvalue weighted by Gasteiger charge is 2.19. The van der Waals surface area contributed by atoms with Crippen LogP contribution in [0.3, 0.4) is 0 Å². The number of benzene rings is 2. The van der Waals surface area contributed by atoms with Crippen LogP contribution in [0.15, 0.2) is 90.2 Å². The third-order valence-electron chi connectivity index (χ3n) is 4.11. The summed E-state index contributed by atoms with van der Waals surface area (Å²) in [5.41, 5.74) is 1.79. The normalized spacial score (nSPS) is 11.8. The summed E-state index contributed by atoms with van der Waals surface area (Å²) in [6.45, 7) is 0.708. The molecule has 0 aliphatic heterocycles. The highest BCUT2D eigenvalue weighted by Crippen LogP contribution is 2.25. The summed E-state index contributed by atoms with van der Waals surface area (Å²) in [6, 6.07) is 20.1. The second-order valence-corrected chi connectivity index (χ2v) is 7.45. The maximum absolute atomic E-state index is 12.9. The molecular formula is C19H16N2O2S. The lowest BCUT2D eigenvalue weighted by atomic mass is 10.1. The van der Waals surface area contributed by atoms with E-state index in [0.29, 0.717) is 17.0 Å². The van der Waals surface area contributed by atoms with Crippen LogP contribution in [0.4, 0.5) is 0 Å². The molecule has 0 aliphatic carbocycles. The first-order valence-corrected chi connectivity index (χ1v) is 9.10. The average molecular weight is 336 g/mol. The molecular weight excluding hydrogens is 320 g/mol. The van der Waals surface area contributed by atoms with E-state index in [0.717, 1.165) is 10.9 Å². The molecule has 0 N–H and O–H groups in total. The van der Waals surface area contributed by atoms with Gasteiger partial charge < -0.3 is 4.57 Å². The molecule has 0 unspecified atom stereocenters. The van der Waals surface area contributed by atoms with E-state index in [2.05, 4.69) is 4.57 Å². The third kappa shape index (κ3) is 2.43. The van der Waals surface area contributed by atoms with Gasteiger partial charge in [-0.15, -0.1) is 0 Å². The van der Waals surface area contributed by atoms with Gasteiger partial charge >= 0.3 is 0 Å². The molecule has 0 aliphatic rings. The van der Waals surface area contributed by atoms with Gasteiger partial charge in [-0.3, -0.25) is 0 Å². The SMILES string of the molecule is O=S(=O)(c1ccccc1)n1ccc2c(Cn3cccc3)cccc21. The zero-order chi connectivity index (χ0) is 16.6. The van der Waals surface area contributed by atoms with Crippen LogP contribution >= 0.6 is 0 Å². The summed E-state index contributed by atoms with van der Waals surface area (Å²) in [4.78, 5) is 0.290. The van der Waals surface area contributed by atoms with Crippen LogP contribution in [-0.2, 0) is 16.6 Å². The largest absolute Gasteiger partial charge is 0.350 e. The molecule has 0 atom stereocenters. The zero-order valence-corrected chi connectivity index (χ0v) is 13.7. The van der Waals surface area contributed by atoms with Crippen molar-refractivity contribution in [2.45, 2.75) is 11.4 Å². The number of aromatic nitrogens is 2. The fourth-order valence-corrected chi connectivity index (χ4v) is 4.30. The molecule has 4 nitrogen and oxygen atoms in total. The number of hydrogen-bond donors (Lipinski definition) is 0. The molecule has 2 aromatic heterocycles. The maximum Gasteiger partial charge on any atom is 0.268 e. The second-order valence-electron chi connectivity index (χ2n) is 5.63. The Kier molecular flexibility index (Phi) is 3.50. The van der Waals surface area contributed by atoms with E-state index in [1.807, 2.05) is 54.9 Å². The molecule has 0 bridgehead atoms. The van der Waals surface area contributed by atoms with Gasteiger partial charge in [0, 0.05) is 30.5 Å². The molecule has 4 aromatic rings. The minimum Gasteiger partial charge on any atom is -0.350 e. The van der Waals surface area contributed by atoms with E-state index in [9.17, 15) is 8.42 Å². The Morgan fingerprint density at radius 2 is 1.50 bits per heavy atom. The molecule has 0 saturated heterocycles. The topological polar surface area (TPSA) is 44.0 Å². The van der Waals surface area contributed by atoms with Gasteiger partial charge in [0.05, 0.1) is 10.4 Å². The maximum atomic E-state index is 12.9. The lowest BCUT2D eigenvalue weighted by Gasteiger charge is -2.09. The van der Waals surface area contributed by atoms with Crippen LogP contribution in [0.2, 0.25) is 0 Å². The number of rotatable bonds is 4. The van der Waals surface area contributed by atoms with Crippen molar-refractivity contribution >= 4 is 20.9 Å². The first kappa shape index (κ1) is 14.8. The predicted octanol–water partition coefficient (Wildman–Crippen LogP) is 3.73. The first-order valence-electron chi connectivity index (χ1n) is 7.66. The van der Waals surface area contributed by atoms with E-state index in [1.54, 1.807) is 30.5 Å². The van der Waals surface area contributed by atoms with Crippen molar-refractivity contribution in [2.24, 2.45) is 0 Å². The molecule has 0 amide bonds. The molecule has 0 radical (unpaired) electrons. The smallest absolute Gasteiger partial charge is 0.268 e. The van der Waals surface area contributed by atoms with Crippen molar-refractivity contribution in [3.05, 3.63) is 90.9 Å². The summed E-state index contributed by atoms with van der Waals surface area (Å²) in [6.07, 6.45) is 5.62. The standard InChI is InChI=1S/C19H16N2O2S/c22-24(23,17-8-2-1-3-9-17)21-14-11-18-16(7-6-10-19(18)21)15-20-12-4-5-13-20/h1-14H,15H2. The minimum atomic E-state index is -3.59.